The van der Waals surface area contributed by atoms with Crippen molar-refractivity contribution in [2.45, 2.75) is 26.3 Å². The molecule has 0 atom stereocenters. The molecule has 20 heavy (non-hydrogen) atoms. The van der Waals surface area contributed by atoms with E-state index < -0.39 is 0 Å². The number of nitrogens with one attached hydrogen (secondary N) is 1. The molecule has 108 valence electrons. The van der Waals surface area contributed by atoms with Gasteiger partial charge in [-0.15, -0.1) is 0 Å². The lowest BCUT2D eigenvalue weighted by Gasteiger charge is -2.27. The van der Waals surface area contributed by atoms with Crippen molar-refractivity contribution in [3.63, 3.8) is 0 Å². The summed E-state index contributed by atoms with van der Waals surface area (Å²) < 4.78 is 1.82. The predicted octanol–water partition coefficient (Wildman–Crippen LogP) is 1.43. The standard InChI is InChI=1S/C13H19N5OS/c1-13(2,3)18-10-9(8-14-18)11(19)16-12(15-10)17-4-6-20-7-5-17/h8H,4-7H2,1-3H3,(H,15,16,19). The largest absolute Gasteiger partial charge is 0.341 e. The Morgan fingerprint density at radius 3 is 2.65 bits per heavy atom. The fourth-order valence-corrected chi connectivity index (χ4v) is 3.23. The number of hydrogen-bond donors (Lipinski definition) is 1. The summed E-state index contributed by atoms with van der Waals surface area (Å²) in [6.45, 7) is 8.00. The molecule has 0 bridgehead atoms. The van der Waals surface area contributed by atoms with Crippen LogP contribution in [-0.2, 0) is 5.54 Å². The van der Waals surface area contributed by atoms with Crippen LogP contribution in [0.25, 0.3) is 11.0 Å². The molecule has 7 heteroatoms. The van der Waals surface area contributed by atoms with Gasteiger partial charge in [0.1, 0.15) is 5.39 Å². The second-order valence-electron chi connectivity index (χ2n) is 5.95. The summed E-state index contributed by atoms with van der Waals surface area (Å²) in [5.74, 6) is 2.80. The van der Waals surface area contributed by atoms with Gasteiger partial charge >= 0.3 is 0 Å². The van der Waals surface area contributed by atoms with Gasteiger partial charge in [-0.25, -0.2) is 4.68 Å². The Labute approximate surface area is 121 Å². The lowest BCUT2D eigenvalue weighted by molar-refractivity contribution is 0.366. The third-order valence-electron chi connectivity index (χ3n) is 3.37. The Kier molecular flexibility index (Phi) is 3.24. The van der Waals surface area contributed by atoms with E-state index in [1.807, 2.05) is 16.4 Å². The average molecular weight is 293 g/mol. The van der Waals surface area contributed by atoms with Gasteiger partial charge in [0.05, 0.1) is 11.7 Å². The number of anilines is 1. The van der Waals surface area contributed by atoms with E-state index in [1.54, 1.807) is 6.20 Å². The van der Waals surface area contributed by atoms with Crippen LogP contribution in [0.4, 0.5) is 5.95 Å². The average Bonchev–Trinajstić information content (AvgIpc) is 2.84. The zero-order chi connectivity index (χ0) is 14.3. The minimum absolute atomic E-state index is 0.112. The van der Waals surface area contributed by atoms with Gasteiger partial charge in [0.15, 0.2) is 5.65 Å². The van der Waals surface area contributed by atoms with E-state index in [-0.39, 0.29) is 11.1 Å². The van der Waals surface area contributed by atoms with Gasteiger partial charge in [-0.3, -0.25) is 9.78 Å². The first kappa shape index (κ1) is 13.5. The number of nitrogens with zero attached hydrogens (tertiary/aromatic N) is 4. The van der Waals surface area contributed by atoms with Crippen LogP contribution in [0.5, 0.6) is 0 Å². The molecule has 1 fully saturated rings. The summed E-state index contributed by atoms with van der Waals surface area (Å²) in [6, 6.07) is 0. The van der Waals surface area contributed by atoms with Crippen LogP contribution >= 0.6 is 11.8 Å². The first-order valence-electron chi connectivity index (χ1n) is 6.78. The Bertz CT molecular complexity index is 678. The molecule has 3 heterocycles. The number of rotatable bonds is 1. The zero-order valence-electron chi connectivity index (χ0n) is 12.0. The van der Waals surface area contributed by atoms with E-state index in [4.69, 9.17) is 0 Å². The van der Waals surface area contributed by atoms with Gasteiger partial charge < -0.3 is 4.90 Å². The van der Waals surface area contributed by atoms with Crippen molar-refractivity contribution in [1.29, 1.82) is 0 Å². The van der Waals surface area contributed by atoms with E-state index in [1.165, 1.54) is 0 Å². The minimum Gasteiger partial charge on any atom is -0.341 e. The molecule has 1 saturated heterocycles. The first-order chi connectivity index (χ1) is 9.47. The van der Waals surface area contributed by atoms with Crippen molar-refractivity contribution in [3.8, 4) is 0 Å². The number of fused-ring (bicyclic) bond motifs is 1. The quantitative estimate of drug-likeness (QED) is 0.861. The summed E-state index contributed by atoms with van der Waals surface area (Å²) in [7, 11) is 0. The van der Waals surface area contributed by atoms with Gasteiger partial charge in [-0.05, 0) is 20.8 Å². The van der Waals surface area contributed by atoms with Crippen LogP contribution in [-0.4, -0.2) is 44.3 Å². The molecule has 0 radical (unpaired) electrons. The lowest BCUT2D eigenvalue weighted by atomic mass is 10.1. The summed E-state index contributed by atoms with van der Waals surface area (Å²) >= 11 is 1.93. The Morgan fingerprint density at radius 2 is 2.00 bits per heavy atom. The second kappa shape index (κ2) is 4.80. The molecule has 2 aromatic rings. The highest BCUT2D eigenvalue weighted by Crippen LogP contribution is 2.20. The third kappa shape index (κ3) is 2.30. The van der Waals surface area contributed by atoms with E-state index in [9.17, 15) is 4.79 Å². The van der Waals surface area contributed by atoms with E-state index in [0.29, 0.717) is 17.0 Å². The highest BCUT2D eigenvalue weighted by atomic mass is 32.2. The molecule has 2 aromatic heterocycles. The SMILES string of the molecule is CC(C)(C)n1ncc2c(=O)[nH]c(N3CCSCC3)nc21. The van der Waals surface area contributed by atoms with E-state index >= 15 is 0 Å². The minimum atomic E-state index is -0.197. The van der Waals surface area contributed by atoms with Gasteiger partial charge in [-0.2, -0.15) is 21.8 Å². The fourth-order valence-electron chi connectivity index (χ4n) is 2.32. The second-order valence-corrected chi connectivity index (χ2v) is 7.18. The Balaban J connectivity index is 2.13. The predicted molar refractivity (Wildman–Crippen MR) is 82.7 cm³/mol. The maximum Gasteiger partial charge on any atom is 0.263 e. The summed E-state index contributed by atoms with van der Waals surface area (Å²) in [5, 5.41) is 4.88. The molecule has 0 aromatic carbocycles. The number of thioether (sulfide) groups is 1. The maximum absolute atomic E-state index is 12.2. The van der Waals surface area contributed by atoms with E-state index in [2.05, 4.69) is 40.7 Å². The summed E-state index contributed by atoms with van der Waals surface area (Å²) in [6.07, 6.45) is 1.60. The van der Waals surface area contributed by atoms with Crippen LogP contribution in [0.15, 0.2) is 11.0 Å². The Hall–Kier alpha value is -1.50. The van der Waals surface area contributed by atoms with Crippen molar-refractivity contribution in [2.24, 2.45) is 0 Å². The number of hydrogen-bond acceptors (Lipinski definition) is 5. The molecule has 3 rings (SSSR count). The normalized spacial score (nSPS) is 16.9. The van der Waals surface area contributed by atoms with Crippen LogP contribution < -0.4 is 10.5 Å². The molecule has 0 aliphatic carbocycles. The maximum atomic E-state index is 12.2. The number of H-pyrrole nitrogens is 1. The van der Waals surface area contributed by atoms with Crippen molar-refractivity contribution in [3.05, 3.63) is 16.6 Å². The van der Waals surface area contributed by atoms with Crippen LogP contribution in [0.3, 0.4) is 0 Å². The lowest BCUT2D eigenvalue weighted by Crippen LogP contribution is -2.35. The van der Waals surface area contributed by atoms with Gasteiger partial charge in [0.2, 0.25) is 5.95 Å². The van der Waals surface area contributed by atoms with Gasteiger partial charge in [0.25, 0.3) is 5.56 Å². The molecule has 1 aliphatic rings. The van der Waals surface area contributed by atoms with Crippen LogP contribution in [0, 0.1) is 0 Å². The molecule has 0 unspecified atom stereocenters. The number of aromatic nitrogens is 4. The number of aromatic amines is 1. The van der Waals surface area contributed by atoms with Crippen molar-refractivity contribution in [1.82, 2.24) is 19.7 Å². The monoisotopic (exact) mass is 293 g/mol. The Morgan fingerprint density at radius 1 is 1.30 bits per heavy atom. The topological polar surface area (TPSA) is 66.8 Å². The van der Waals surface area contributed by atoms with Crippen LogP contribution in [0.1, 0.15) is 20.8 Å². The molecule has 1 aliphatic heterocycles. The molecule has 0 saturated carbocycles. The molecule has 6 nitrogen and oxygen atoms in total. The smallest absolute Gasteiger partial charge is 0.263 e. The molecule has 0 spiro atoms. The van der Waals surface area contributed by atoms with Gasteiger partial charge in [-0.1, -0.05) is 0 Å². The van der Waals surface area contributed by atoms with Gasteiger partial charge in [0, 0.05) is 24.6 Å². The highest BCUT2D eigenvalue weighted by Gasteiger charge is 2.21. The first-order valence-corrected chi connectivity index (χ1v) is 7.93. The molecule has 1 N–H and O–H groups in total. The van der Waals surface area contributed by atoms with Crippen LogP contribution in [0.2, 0.25) is 0 Å². The van der Waals surface area contributed by atoms with Crippen molar-refractivity contribution in [2.75, 3.05) is 29.5 Å². The van der Waals surface area contributed by atoms with E-state index in [0.717, 1.165) is 24.6 Å². The van der Waals surface area contributed by atoms with Crippen molar-refractivity contribution < 1.29 is 0 Å². The molecule has 0 amide bonds. The highest BCUT2D eigenvalue weighted by molar-refractivity contribution is 7.99. The fraction of sp³-hybridized carbons (Fsp3) is 0.615. The molecular weight excluding hydrogens is 274 g/mol. The third-order valence-corrected chi connectivity index (χ3v) is 4.31. The summed E-state index contributed by atoms with van der Waals surface area (Å²) in [5.41, 5.74) is 0.352. The summed E-state index contributed by atoms with van der Waals surface area (Å²) in [4.78, 5) is 21.9. The zero-order valence-corrected chi connectivity index (χ0v) is 12.8. The molecular formula is C13H19N5OS. The van der Waals surface area contributed by atoms with Crippen molar-refractivity contribution >= 4 is 28.7 Å².